The van der Waals surface area contributed by atoms with Crippen LogP contribution in [0.1, 0.15) is 166 Å². The summed E-state index contributed by atoms with van der Waals surface area (Å²) in [5.41, 5.74) is -1.76. The lowest BCUT2D eigenvalue weighted by molar-refractivity contribution is -0.365. The summed E-state index contributed by atoms with van der Waals surface area (Å²) in [6.07, 6.45) is -55.4. The lowest BCUT2D eigenvalue weighted by Crippen LogP contribution is -2.65. The van der Waals surface area contributed by atoms with E-state index in [2.05, 4.69) is 13.8 Å². The summed E-state index contributed by atoms with van der Waals surface area (Å²) in [5, 5.41) is 308. The molecule has 44 heteroatoms. The first-order valence-electron chi connectivity index (χ1n) is 46.2. The summed E-state index contributed by atoms with van der Waals surface area (Å²) in [6.45, 7) is -4.90. The van der Waals surface area contributed by atoms with Crippen molar-refractivity contribution in [2.45, 2.75) is 414 Å². The average molecular weight is 1890 g/mol. The van der Waals surface area contributed by atoms with E-state index in [-0.39, 0.29) is 25.7 Å². The lowest BCUT2D eigenvalue weighted by Gasteiger charge is -2.47. The van der Waals surface area contributed by atoms with Gasteiger partial charge in [-0.3, -0.25) is 0 Å². The van der Waals surface area contributed by atoms with Crippen LogP contribution in [0.5, 0.6) is 0 Å². The van der Waals surface area contributed by atoms with Gasteiger partial charge in [0, 0.05) is 10.8 Å². The molecule has 0 radical (unpaired) electrons. The molecule has 0 saturated carbocycles. The van der Waals surface area contributed by atoms with E-state index < -0.39 is 336 Å². The monoisotopic (exact) mass is 1890 g/mol. The van der Waals surface area contributed by atoms with Crippen LogP contribution in [0.15, 0.2) is 24.3 Å². The standard InChI is InChI=1S/C86H150O44/c1-3-5-7-9-11-13-15-17-19-21-27-85(39-115-77-69(111)61(103)73(49(35-91)123-77)127-81-65(107)57(99)53(95)45(31-87)119-81,40-116-78-70(112)62(104)74(50(36-92)124-78)128-82-66(108)58(100)54(96)46(32-88)120-82)29-43-23-25-44(26-24-43)30-86(28-22-20-18-16-14-12-10-8-6-4-2,41-117-79-71(113)63(105)75(51(37-93)125-79)129-83-67(109)59(101)55(97)47(33-89)121-83)42-118-80-72(114)64(106)76(52(38-94)126-80)130-84-68(110)60(102)56(98)48(34-90)122-84/h23-26,45-84,87-114H,3-22,27-42H2,1-2H3/t45?,46?,47?,48?,49?,50?,51?,52?,53-,54-,55-,56-,57+,58+,59+,60+,61-,62-,63-,64-,65?,66?,67?,68?,69?,70?,71?,72?,73-,74-,75-,76-,77-,78-,79-,80-,81-,82-,83-,84+,85?,86?/m1/s1. The fourth-order valence-electron chi connectivity index (χ4n) is 18.2. The lowest BCUT2D eigenvalue weighted by atomic mass is 9.76. The predicted octanol–water partition coefficient (Wildman–Crippen LogP) is -8.07. The zero-order valence-corrected chi connectivity index (χ0v) is 73.9. The Morgan fingerprint density at radius 3 is 0.585 bits per heavy atom. The van der Waals surface area contributed by atoms with Gasteiger partial charge in [0.25, 0.3) is 0 Å². The van der Waals surface area contributed by atoms with Crippen LogP contribution in [-0.2, 0) is 88.6 Å². The van der Waals surface area contributed by atoms with E-state index >= 15 is 0 Å². The van der Waals surface area contributed by atoms with Crippen molar-refractivity contribution >= 4 is 0 Å². The first-order chi connectivity index (χ1) is 62.3. The van der Waals surface area contributed by atoms with Gasteiger partial charge >= 0.3 is 0 Å². The normalized spacial score (nSPS) is 41.5. The van der Waals surface area contributed by atoms with Gasteiger partial charge in [0.1, 0.15) is 195 Å². The van der Waals surface area contributed by atoms with E-state index in [1.54, 1.807) is 24.3 Å². The molecule has 1 aromatic rings. The topological polar surface area (TPSA) is 714 Å². The smallest absolute Gasteiger partial charge is 0.187 e. The minimum atomic E-state index is -2.05. The Morgan fingerprint density at radius 2 is 0.392 bits per heavy atom. The van der Waals surface area contributed by atoms with Crippen molar-refractivity contribution in [1.29, 1.82) is 0 Å². The molecule has 130 heavy (non-hydrogen) atoms. The molecule has 8 saturated heterocycles. The third-order valence-corrected chi connectivity index (χ3v) is 26.4. The van der Waals surface area contributed by atoms with Gasteiger partial charge in [-0.1, -0.05) is 167 Å². The predicted molar refractivity (Wildman–Crippen MR) is 441 cm³/mol. The van der Waals surface area contributed by atoms with Gasteiger partial charge in [-0.15, -0.1) is 0 Å². The van der Waals surface area contributed by atoms with Crippen LogP contribution >= 0.6 is 0 Å². The van der Waals surface area contributed by atoms with Crippen molar-refractivity contribution in [3.8, 4) is 0 Å². The minimum absolute atomic E-state index is 0.0609. The number of rotatable bonds is 54. The second kappa shape index (κ2) is 54.3. The van der Waals surface area contributed by atoms with E-state index in [1.165, 1.54) is 0 Å². The van der Waals surface area contributed by atoms with Crippen molar-refractivity contribution in [1.82, 2.24) is 0 Å². The van der Waals surface area contributed by atoms with Crippen molar-refractivity contribution in [3.63, 3.8) is 0 Å². The zero-order chi connectivity index (χ0) is 94.8. The van der Waals surface area contributed by atoms with Crippen LogP contribution in [0.25, 0.3) is 0 Å². The molecule has 41 atom stereocenters. The van der Waals surface area contributed by atoms with E-state index in [9.17, 15) is 143 Å². The van der Waals surface area contributed by atoms with Crippen molar-refractivity contribution in [2.24, 2.45) is 10.8 Å². The molecule has 0 spiro atoms. The maximum absolute atomic E-state index is 12.0. The summed E-state index contributed by atoms with van der Waals surface area (Å²) in [5.74, 6) is 0. The molecular formula is C86H150O44. The molecule has 8 aliphatic heterocycles. The van der Waals surface area contributed by atoms with Gasteiger partial charge in [0.15, 0.2) is 50.3 Å². The van der Waals surface area contributed by atoms with Gasteiger partial charge in [-0.25, -0.2) is 0 Å². The fraction of sp³-hybridized carbons (Fsp3) is 0.930. The Kier molecular flexibility index (Phi) is 46.4. The zero-order valence-electron chi connectivity index (χ0n) is 73.9. The number of aliphatic hydroxyl groups is 28. The Bertz CT molecular complexity index is 2870. The summed E-state index contributed by atoms with van der Waals surface area (Å²) in [6, 6.07) is 6.96. The van der Waals surface area contributed by atoms with Crippen LogP contribution in [0.2, 0.25) is 0 Å². The van der Waals surface area contributed by atoms with E-state index in [4.69, 9.17) is 75.8 Å². The van der Waals surface area contributed by atoms with Crippen LogP contribution in [0.4, 0.5) is 0 Å². The molecular weight excluding hydrogens is 1740 g/mol. The molecule has 8 heterocycles. The molecule has 0 aromatic heterocycles. The molecule has 0 aliphatic carbocycles. The van der Waals surface area contributed by atoms with Crippen molar-refractivity contribution in [2.75, 3.05) is 79.3 Å². The van der Waals surface area contributed by atoms with Gasteiger partial charge in [0.2, 0.25) is 0 Å². The summed E-state index contributed by atoms with van der Waals surface area (Å²) in [4.78, 5) is 0. The highest BCUT2D eigenvalue weighted by atomic mass is 16.8. The molecule has 8 fully saturated rings. The van der Waals surface area contributed by atoms with E-state index in [0.717, 1.165) is 103 Å². The Labute approximate surface area is 755 Å². The van der Waals surface area contributed by atoms with Crippen molar-refractivity contribution in [3.05, 3.63) is 35.4 Å². The second-order valence-electron chi connectivity index (χ2n) is 36.3. The number of ether oxygens (including phenoxy) is 16. The molecule has 17 unspecified atom stereocenters. The van der Waals surface area contributed by atoms with E-state index in [1.807, 2.05) is 0 Å². The number of hydrogen-bond donors (Lipinski definition) is 28. The quantitative estimate of drug-likeness (QED) is 0.0269. The maximum Gasteiger partial charge on any atom is 0.187 e. The van der Waals surface area contributed by atoms with Crippen LogP contribution in [0, 0.1) is 10.8 Å². The third-order valence-electron chi connectivity index (χ3n) is 26.4. The van der Waals surface area contributed by atoms with Crippen LogP contribution in [-0.4, -0.2) is 468 Å². The Balaban J connectivity index is 1.07. The average Bonchev–Trinajstić information content (AvgIpc) is 0.795. The summed E-state index contributed by atoms with van der Waals surface area (Å²) >= 11 is 0. The number of benzene rings is 1. The molecule has 44 nitrogen and oxygen atoms in total. The highest BCUT2D eigenvalue weighted by molar-refractivity contribution is 5.25. The molecule has 758 valence electrons. The van der Waals surface area contributed by atoms with E-state index in [0.29, 0.717) is 36.8 Å². The maximum atomic E-state index is 12.0. The summed E-state index contributed by atoms with van der Waals surface area (Å²) < 4.78 is 96.6. The highest BCUT2D eigenvalue weighted by Crippen LogP contribution is 2.42. The van der Waals surface area contributed by atoms with Gasteiger partial charge in [0.05, 0.1) is 79.3 Å². The third kappa shape index (κ3) is 28.9. The molecule has 0 bridgehead atoms. The molecule has 0 amide bonds. The fourth-order valence-corrected chi connectivity index (χ4v) is 18.2. The second-order valence-corrected chi connectivity index (χ2v) is 36.3. The minimum Gasteiger partial charge on any atom is -0.394 e. The van der Waals surface area contributed by atoms with Gasteiger partial charge in [-0.2, -0.15) is 0 Å². The Morgan fingerprint density at radius 1 is 0.215 bits per heavy atom. The largest absolute Gasteiger partial charge is 0.394 e. The molecule has 8 aliphatic rings. The summed E-state index contributed by atoms with van der Waals surface area (Å²) in [7, 11) is 0. The molecule has 1 aromatic carbocycles. The molecule has 28 N–H and O–H groups in total. The van der Waals surface area contributed by atoms with Crippen LogP contribution in [0.3, 0.4) is 0 Å². The first-order valence-corrected chi connectivity index (χ1v) is 46.2. The molecule has 9 rings (SSSR count). The number of hydrogen-bond acceptors (Lipinski definition) is 44. The highest BCUT2D eigenvalue weighted by Gasteiger charge is 2.58. The van der Waals surface area contributed by atoms with Gasteiger partial charge in [-0.05, 0) is 36.8 Å². The number of unbranched alkanes of at least 4 members (excludes halogenated alkanes) is 18. The van der Waals surface area contributed by atoms with Crippen LogP contribution < -0.4 is 0 Å². The van der Waals surface area contributed by atoms with Crippen molar-refractivity contribution < 1.29 is 219 Å². The van der Waals surface area contributed by atoms with Gasteiger partial charge < -0.3 is 219 Å². The SMILES string of the molecule is CCCCCCCCCCCCC(CO[C@@H]1OC(CO)[C@@H](O[C@H]2OC(CO)[C@@H](O)[C@H](O)C2O)[C@H](O)C1O)(CO[C@@H]1OC(CO)[C@@H](O[C@H]2OC(CO)[C@@H](O)[C@H](O)C2O)[C@H](O)C1O)Cc1ccc(CC(CCCCCCCCCCCC)(CO[C@@H]2OC(CO)[C@@H](O[C@H]3OC(CO)[C@@H](O)[C@H](O)C3O)[C@H](O)C2O)CO[C@@H]2OC(CO)[C@@H](O[C@@H]3OC(CO)[C@@H](O)[C@H](O)C3O)[C@H](O)C2O)cc1. The Hall–Kier alpha value is -2.54. The number of aliphatic hydroxyl groups excluding tert-OH is 28. The first kappa shape index (κ1) is 111.